The number of nitrogens with one attached hydrogen (secondary N) is 1. The molecule has 0 aliphatic rings. The summed E-state index contributed by atoms with van der Waals surface area (Å²) in [6, 6.07) is 5.71. The lowest BCUT2D eigenvalue weighted by atomic mass is 10.1. The van der Waals surface area contributed by atoms with E-state index in [9.17, 15) is 4.79 Å². The van der Waals surface area contributed by atoms with Crippen LogP contribution in [0.1, 0.15) is 19.4 Å². The zero-order chi connectivity index (χ0) is 12.0. The van der Waals surface area contributed by atoms with Gasteiger partial charge in [0.25, 0.3) is 0 Å². The van der Waals surface area contributed by atoms with Crippen molar-refractivity contribution in [3.8, 4) is 5.75 Å². The van der Waals surface area contributed by atoms with Crippen molar-refractivity contribution in [1.82, 2.24) is 0 Å². The first-order valence-electron chi connectivity index (χ1n) is 5.40. The Labute approximate surface area is 95.8 Å². The SMILES string of the molecule is CCOc1cc(CCN)ccc1NC(C)=O. The largest absolute Gasteiger partial charge is 0.492 e. The van der Waals surface area contributed by atoms with Crippen LogP contribution >= 0.6 is 0 Å². The maximum atomic E-state index is 11.0. The third kappa shape index (κ3) is 3.55. The molecule has 4 heteroatoms. The molecule has 0 heterocycles. The van der Waals surface area contributed by atoms with Crippen molar-refractivity contribution in [1.29, 1.82) is 0 Å². The maximum absolute atomic E-state index is 11.0. The lowest BCUT2D eigenvalue weighted by molar-refractivity contribution is -0.114. The average Bonchev–Trinajstić information content (AvgIpc) is 2.22. The van der Waals surface area contributed by atoms with Crippen LogP contribution in [0.4, 0.5) is 5.69 Å². The summed E-state index contributed by atoms with van der Waals surface area (Å²) in [5.74, 6) is 0.594. The molecule has 0 saturated heterocycles. The van der Waals surface area contributed by atoms with Crippen LogP contribution in [0, 0.1) is 0 Å². The maximum Gasteiger partial charge on any atom is 0.221 e. The fraction of sp³-hybridized carbons (Fsp3) is 0.417. The molecule has 0 radical (unpaired) electrons. The van der Waals surface area contributed by atoms with E-state index in [4.69, 9.17) is 10.5 Å². The van der Waals surface area contributed by atoms with Crippen molar-refractivity contribution in [3.63, 3.8) is 0 Å². The molecule has 3 N–H and O–H groups in total. The van der Waals surface area contributed by atoms with Crippen molar-refractivity contribution in [2.45, 2.75) is 20.3 Å². The van der Waals surface area contributed by atoms with Crippen LogP contribution in [-0.4, -0.2) is 19.1 Å². The summed E-state index contributed by atoms with van der Waals surface area (Å²) in [5, 5.41) is 2.73. The van der Waals surface area contributed by atoms with Gasteiger partial charge in [-0.05, 0) is 37.6 Å². The monoisotopic (exact) mass is 222 g/mol. The van der Waals surface area contributed by atoms with Gasteiger partial charge in [-0.15, -0.1) is 0 Å². The van der Waals surface area contributed by atoms with E-state index in [1.54, 1.807) is 0 Å². The Hall–Kier alpha value is -1.55. The normalized spacial score (nSPS) is 9.94. The number of carbonyl (C=O) groups is 1. The number of rotatable bonds is 5. The molecule has 1 aromatic rings. The molecule has 88 valence electrons. The third-order valence-corrected chi connectivity index (χ3v) is 2.09. The molecule has 1 aromatic carbocycles. The number of nitrogens with two attached hydrogens (primary N) is 1. The summed E-state index contributed by atoms with van der Waals surface area (Å²) in [6.07, 6.45) is 0.806. The Morgan fingerprint density at radius 2 is 2.25 bits per heavy atom. The summed E-state index contributed by atoms with van der Waals surface area (Å²) in [7, 11) is 0. The molecule has 0 fully saturated rings. The highest BCUT2D eigenvalue weighted by Crippen LogP contribution is 2.26. The topological polar surface area (TPSA) is 64.3 Å². The van der Waals surface area contributed by atoms with Gasteiger partial charge in [0, 0.05) is 6.92 Å². The molecule has 0 aliphatic heterocycles. The van der Waals surface area contributed by atoms with Gasteiger partial charge in [0.2, 0.25) is 5.91 Å². The Kier molecular flexibility index (Phi) is 4.79. The molecule has 0 saturated carbocycles. The fourth-order valence-electron chi connectivity index (χ4n) is 1.46. The minimum absolute atomic E-state index is 0.104. The van der Waals surface area contributed by atoms with Crippen LogP contribution in [0.3, 0.4) is 0 Å². The van der Waals surface area contributed by atoms with Crippen molar-refractivity contribution >= 4 is 11.6 Å². The van der Waals surface area contributed by atoms with Crippen LogP contribution in [0.2, 0.25) is 0 Å². The van der Waals surface area contributed by atoms with Gasteiger partial charge in [-0.3, -0.25) is 4.79 Å². The fourth-order valence-corrected chi connectivity index (χ4v) is 1.46. The van der Waals surface area contributed by atoms with Gasteiger partial charge in [0.1, 0.15) is 5.75 Å². The number of amides is 1. The van der Waals surface area contributed by atoms with E-state index in [1.165, 1.54) is 6.92 Å². The van der Waals surface area contributed by atoms with E-state index in [-0.39, 0.29) is 5.91 Å². The molecule has 0 spiro atoms. The highest BCUT2D eigenvalue weighted by atomic mass is 16.5. The van der Waals surface area contributed by atoms with E-state index in [0.29, 0.717) is 24.6 Å². The van der Waals surface area contributed by atoms with Gasteiger partial charge < -0.3 is 15.8 Å². The molecular weight excluding hydrogens is 204 g/mol. The molecule has 0 unspecified atom stereocenters. The molecule has 16 heavy (non-hydrogen) atoms. The number of carbonyl (C=O) groups excluding carboxylic acids is 1. The van der Waals surface area contributed by atoms with Crippen LogP contribution in [0.15, 0.2) is 18.2 Å². The number of anilines is 1. The predicted octanol–water partition coefficient (Wildman–Crippen LogP) is 1.54. The van der Waals surface area contributed by atoms with Gasteiger partial charge in [0.15, 0.2) is 0 Å². The van der Waals surface area contributed by atoms with E-state index in [0.717, 1.165) is 12.0 Å². The van der Waals surface area contributed by atoms with Crippen molar-refractivity contribution in [2.24, 2.45) is 5.73 Å². The first kappa shape index (κ1) is 12.5. The lowest BCUT2D eigenvalue weighted by Crippen LogP contribution is -2.09. The Bertz CT molecular complexity index is 364. The van der Waals surface area contributed by atoms with Crippen molar-refractivity contribution in [3.05, 3.63) is 23.8 Å². The number of ether oxygens (including phenoxy) is 1. The Morgan fingerprint density at radius 3 is 2.81 bits per heavy atom. The molecule has 0 bridgehead atoms. The molecular formula is C12H18N2O2. The highest BCUT2D eigenvalue weighted by molar-refractivity contribution is 5.90. The zero-order valence-corrected chi connectivity index (χ0v) is 9.75. The smallest absolute Gasteiger partial charge is 0.221 e. The Morgan fingerprint density at radius 1 is 1.50 bits per heavy atom. The quantitative estimate of drug-likeness (QED) is 0.794. The first-order chi connectivity index (χ1) is 7.67. The van der Waals surface area contributed by atoms with Crippen LogP contribution in [-0.2, 0) is 11.2 Å². The second-order valence-corrected chi connectivity index (χ2v) is 3.48. The Balaban J connectivity index is 2.93. The van der Waals surface area contributed by atoms with Gasteiger partial charge in [-0.25, -0.2) is 0 Å². The third-order valence-electron chi connectivity index (χ3n) is 2.09. The second-order valence-electron chi connectivity index (χ2n) is 3.48. The van der Waals surface area contributed by atoms with Crippen molar-refractivity contribution < 1.29 is 9.53 Å². The second kappa shape index (κ2) is 6.12. The number of benzene rings is 1. The number of hydrogen-bond acceptors (Lipinski definition) is 3. The number of hydrogen-bond donors (Lipinski definition) is 2. The average molecular weight is 222 g/mol. The molecule has 1 rings (SSSR count). The van der Waals surface area contributed by atoms with Crippen LogP contribution in [0.25, 0.3) is 0 Å². The molecule has 4 nitrogen and oxygen atoms in total. The van der Waals surface area contributed by atoms with E-state index < -0.39 is 0 Å². The van der Waals surface area contributed by atoms with Gasteiger partial charge in [0.05, 0.1) is 12.3 Å². The standard InChI is InChI=1S/C12H18N2O2/c1-3-16-12-8-10(6-7-13)4-5-11(12)14-9(2)15/h4-5,8H,3,6-7,13H2,1-2H3,(H,14,15). The lowest BCUT2D eigenvalue weighted by Gasteiger charge is -2.12. The van der Waals surface area contributed by atoms with Crippen LogP contribution in [0.5, 0.6) is 5.75 Å². The summed E-state index contributed by atoms with van der Waals surface area (Å²) in [5.41, 5.74) is 7.31. The summed E-state index contributed by atoms with van der Waals surface area (Å²) < 4.78 is 5.47. The highest BCUT2D eigenvalue weighted by Gasteiger charge is 2.06. The molecule has 0 atom stereocenters. The molecule has 0 aromatic heterocycles. The first-order valence-corrected chi connectivity index (χ1v) is 5.40. The van der Waals surface area contributed by atoms with E-state index in [1.807, 2.05) is 25.1 Å². The zero-order valence-electron chi connectivity index (χ0n) is 9.75. The predicted molar refractivity (Wildman–Crippen MR) is 64.7 cm³/mol. The summed E-state index contributed by atoms with van der Waals surface area (Å²) in [6.45, 7) is 4.56. The van der Waals surface area contributed by atoms with Crippen molar-refractivity contribution in [2.75, 3.05) is 18.5 Å². The minimum Gasteiger partial charge on any atom is -0.492 e. The van der Waals surface area contributed by atoms with Crippen LogP contribution < -0.4 is 15.8 Å². The summed E-state index contributed by atoms with van der Waals surface area (Å²) >= 11 is 0. The van der Waals surface area contributed by atoms with Gasteiger partial charge >= 0.3 is 0 Å². The molecule has 0 aliphatic carbocycles. The van der Waals surface area contributed by atoms with E-state index in [2.05, 4.69) is 5.32 Å². The molecule has 1 amide bonds. The van der Waals surface area contributed by atoms with Gasteiger partial charge in [-0.2, -0.15) is 0 Å². The van der Waals surface area contributed by atoms with Gasteiger partial charge in [-0.1, -0.05) is 6.07 Å². The summed E-state index contributed by atoms with van der Waals surface area (Å²) in [4.78, 5) is 11.0. The minimum atomic E-state index is -0.104. The van der Waals surface area contributed by atoms with E-state index >= 15 is 0 Å².